The number of hydrogen-bond donors (Lipinski definition) is 0. The molecule has 0 aromatic carbocycles. The predicted molar refractivity (Wildman–Crippen MR) is 65.2 cm³/mol. The Morgan fingerprint density at radius 1 is 1.28 bits per heavy atom. The maximum Gasteiger partial charge on any atom is 0.244 e. The molecule has 0 atom stereocenters. The largest absolute Gasteiger partial charge is 0.304 e. The molecule has 1 aliphatic heterocycles. The van der Waals surface area contributed by atoms with Crippen LogP contribution >= 0.6 is 0 Å². The first-order chi connectivity index (χ1) is 8.54. The molecule has 0 aliphatic carbocycles. The standard InChI is InChI=1S/C11H14N4O2S/c1-14-4-6-15(7-5-14)18(16,17)11-3-2-10(8-12)13-9-11/h2-3,9H,4-7H2,1H3. The lowest BCUT2D eigenvalue weighted by Crippen LogP contribution is -2.47. The molecule has 0 saturated carbocycles. The molecule has 1 aromatic rings. The summed E-state index contributed by atoms with van der Waals surface area (Å²) in [6, 6.07) is 4.71. The minimum atomic E-state index is -3.48. The molecule has 6 nitrogen and oxygen atoms in total. The summed E-state index contributed by atoms with van der Waals surface area (Å²) in [7, 11) is -1.51. The average Bonchev–Trinajstić information content (AvgIpc) is 2.39. The van der Waals surface area contributed by atoms with Gasteiger partial charge in [-0.3, -0.25) is 0 Å². The summed E-state index contributed by atoms with van der Waals surface area (Å²) in [4.78, 5) is 6.03. The van der Waals surface area contributed by atoms with Gasteiger partial charge in [0, 0.05) is 32.4 Å². The molecule has 0 spiro atoms. The van der Waals surface area contributed by atoms with Gasteiger partial charge in [0.2, 0.25) is 10.0 Å². The molecule has 96 valence electrons. The molecular formula is C11H14N4O2S. The van der Waals surface area contributed by atoms with E-state index in [0.29, 0.717) is 13.1 Å². The van der Waals surface area contributed by atoms with Crippen molar-refractivity contribution < 1.29 is 8.42 Å². The Balaban J connectivity index is 2.22. The number of hydrogen-bond acceptors (Lipinski definition) is 5. The Labute approximate surface area is 107 Å². The quantitative estimate of drug-likeness (QED) is 0.746. The summed E-state index contributed by atoms with van der Waals surface area (Å²) in [5, 5.41) is 8.63. The second kappa shape index (κ2) is 5.02. The van der Waals surface area contributed by atoms with E-state index in [1.165, 1.54) is 22.6 Å². The van der Waals surface area contributed by atoms with Crippen molar-refractivity contribution >= 4 is 10.0 Å². The van der Waals surface area contributed by atoms with Crippen LogP contribution in [0.15, 0.2) is 23.2 Å². The number of rotatable bonds is 2. The third-order valence-electron chi connectivity index (χ3n) is 2.95. The first kappa shape index (κ1) is 13.0. The summed E-state index contributed by atoms with van der Waals surface area (Å²) in [5.41, 5.74) is 0.215. The first-order valence-electron chi connectivity index (χ1n) is 5.59. The predicted octanol–water partition coefficient (Wildman–Crippen LogP) is -0.111. The van der Waals surface area contributed by atoms with Gasteiger partial charge in [0.25, 0.3) is 0 Å². The van der Waals surface area contributed by atoms with E-state index in [4.69, 9.17) is 5.26 Å². The van der Waals surface area contributed by atoms with Crippen LogP contribution in [0.3, 0.4) is 0 Å². The van der Waals surface area contributed by atoms with Crippen LogP contribution in [-0.2, 0) is 10.0 Å². The fourth-order valence-electron chi connectivity index (χ4n) is 1.78. The molecule has 1 aliphatic rings. The van der Waals surface area contributed by atoms with Crippen LogP contribution in [-0.4, -0.2) is 55.8 Å². The Morgan fingerprint density at radius 3 is 2.44 bits per heavy atom. The maximum absolute atomic E-state index is 12.3. The van der Waals surface area contributed by atoms with E-state index in [1.54, 1.807) is 0 Å². The first-order valence-corrected chi connectivity index (χ1v) is 7.03. The highest BCUT2D eigenvalue weighted by molar-refractivity contribution is 7.89. The van der Waals surface area contributed by atoms with Crippen molar-refractivity contribution in [2.75, 3.05) is 33.2 Å². The van der Waals surface area contributed by atoms with Crippen LogP contribution in [0.5, 0.6) is 0 Å². The van der Waals surface area contributed by atoms with E-state index in [1.807, 2.05) is 13.1 Å². The normalized spacial score (nSPS) is 18.4. The smallest absolute Gasteiger partial charge is 0.244 e. The van der Waals surface area contributed by atoms with E-state index in [0.717, 1.165) is 13.1 Å². The number of piperazine rings is 1. The number of nitriles is 1. The monoisotopic (exact) mass is 266 g/mol. The van der Waals surface area contributed by atoms with Crippen molar-refractivity contribution in [3.05, 3.63) is 24.0 Å². The number of nitrogens with zero attached hydrogens (tertiary/aromatic N) is 4. The van der Waals surface area contributed by atoms with Gasteiger partial charge in [-0.15, -0.1) is 0 Å². The van der Waals surface area contributed by atoms with Crippen molar-refractivity contribution in [3.63, 3.8) is 0 Å². The molecule has 0 amide bonds. The third-order valence-corrected chi connectivity index (χ3v) is 4.83. The lowest BCUT2D eigenvalue weighted by Gasteiger charge is -2.31. The summed E-state index contributed by atoms with van der Waals surface area (Å²) in [6.07, 6.45) is 1.24. The summed E-state index contributed by atoms with van der Waals surface area (Å²) in [6.45, 7) is 2.42. The van der Waals surface area contributed by atoms with Crippen molar-refractivity contribution in [1.29, 1.82) is 5.26 Å². The van der Waals surface area contributed by atoms with Crippen LogP contribution in [0.4, 0.5) is 0 Å². The zero-order valence-corrected chi connectivity index (χ0v) is 10.9. The minimum Gasteiger partial charge on any atom is -0.304 e. The number of pyridine rings is 1. The lowest BCUT2D eigenvalue weighted by molar-refractivity contribution is 0.222. The van der Waals surface area contributed by atoms with Crippen LogP contribution in [0.1, 0.15) is 5.69 Å². The molecule has 0 radical (unpaired) electrons. The molecule has 1 aromatic heterocycles. The van der Waals surface area contributed by atoms with Gasteiger partial charge in [0.05, 0.1) is 0 Å². The van der Waals surface area contributed by atoms with Gasteiger partial charge >= 0.3 is 0 Å². The topological polar surface area (TPSA) is 77.3 Å². The van der Waals surface area contributed by atoms with Gasteiger partial charge in [-0.2, -0.15) is 9.57 Å². The Hall–Kier alpha value is -1.49. The zero-order valence-electron chi connectivity index (χ0n) is 10.1. The molecule has 1 saturated heterocycles. The van der Waals surface area contributed by atoms with Gasteiger partial charge < -0.3 is 4.90 Å². The average molecular weight is 266 g/mol. The fraction of sp³-hybridized carbons (Fsp3) is 0.455. The summed E-state index contributed by atoms with van der Waals surface area (Å²) < 4.78 is 26.0. The van der Waals surface area contributed by atoms with Crippen LogP contribution in [0.2, 0.25) is 0 Å². The van der Waals surface area contributed by atoms with Crippen molar-refractivity contribution in [1.82, 2.24) is 14.2 Å². The summed E-state index contributed by atoms with van der Waals surface area (Å²) >= 11 is 0. The third kappa shape index (κ3) is 2.51. The molecule has 2 heterocycles. The van der Waals surface area contributed by atoms with Crippen molar-refractivity contribution in [3.8, 4) is 6.07 Å². The Kier molecular flexibility index (Phi) is 3.61. The van der Waals surface area contributed by atoms with E-state index in [9.17, 15) is 8.42 Å². The van der Waals surface area contributed by atoms with E-state index < -0.39 is 10.0 Å². The van der Waals surface area contributed by atoms with E-state index >= 15 is 0 Å². The van der Waals surface area contributed by atoms with Gasteiger partial charge in [0.1, 0.15) is 16.7 Å². The number of likely N-dealkylation sites (N-methyl/N-ethyl adjacent to an activating group) is 1. The van der Waals surface area contributed by atoms with Crippen molar-refractivity contribution in [2.45, 2.75) is 4.90 Å². The van der Waals surface area contributed by atoms with E-state index in [2.05, 4.69) is 9.88 Å². The fourth-order valence-corrected chi connectivity index (χ4v) is 3.14. The van der Waals surface area contributed by atoms with Gasteiger partial charge in [-0.05, 0) is 19.2 Å². The SMILES string of the molecule is CN1CCN(S(=O)(=O)c2ccc(C#N)nc2)CC1. The van der Waals surface area contributed by atoms with Gasteiger partial charge in [0.15, 0.2) is 0 Å². The molecule has 2 rings (SSSR count). The molecule has 0 unspecified atom stereocenters. The van der Waals surface area contributed by atoms with Gasteiger partial charge in [-0.25, -0.2) is 13.4 Å². The van der Waals surface area contributed by atoms with Crippen LogP contribution in [0.25, 0.3) is 0 Å². The zero-order chi connectivity index (χ0) is 13.2. The molecule has 1 fully saturated rings. The summed E-state index contributed by atoms with van der Waals surface area (Å²) in [5.74, 6) is 0. The molecular weight excluding hydrogens is 252 g/mol. The molecule has 18 heavy (non-hydrogen) atoms. The van der Waals surface area contributed by atoms with Crippen molar-refractivity contribution in [2.24, 2.45) is 0 Å². The minimum absolute atomic E-state index is 0.144. The second-order valence-electron chi connectivity index (χ2n) is 4.20. The Morgan fingerprint density at radius 2 is 1.94 bits per heavy atom. The number of sulfonamides is 1. The molecule has 0 N–H and O–H groups in total. The second-order valence-corrected chi connectivity index (χ2v) is 6.14. The highest BCUT2D eigenvalue weighted by Gasteiger charge is 2.27. The van der Waals surface area contributed by atoms with Gasteiger partial charge in [-0.1, -0.05) is 0 Å². The lowest BCUT2D eigenvalue weighted by atomic mass is 10.4. The van der Waals surface area contributed by atoms with Crippen LogP contribution < -0.4 is 0 Å². The molecule has 7 heteroatoms. The van der Waals surface area contributed by atoms with E-state index in [-0.39, 0.29) is 10.6 Å². The Bertz CT molecular complexity index is 554. The highest BCUT2D eigenvalue weighted by Crippen LogP contribution is 2.16. The molecule has 0 bridgehead atoms. The van der Waals surface area contributed by atoms with Crippen LogP contribution in [0, 0.1) is 11.3 Å². The number of aromatic nitrogens is 1. The maximum atomic E-state index is 12.3. The highest BCUT2D eigenvalue weighted by atomic mass is 32.2.